The maximum Gasteiger partial charge on any atom is 0.335 e. The van der Waals surface area contributed by atoms with Crippen molar-refractivity contribution >= 4 is 54.8 Å². The molecular weight excluding hydrogens is 659 g/mol. The first-order valence-electron chi connectivity index (χ1n) is 16.3. The molecule has 0 fully saturated rings. The quantitative estimate of drug-likeness (QED) is 0.100. The summed E-state index contributed by atoms with van der Waals surface area (Å²) < 4.78 is 14.9. The van der Waals surface area contributed by atoms with Gasteiger partial charge in [0.2, 0.25) is 0 Å². The molecule has 0 saturated carbocycles. The highest BCUT2D eigenvalue weighted by atomic mass is 32.1. The number of aliphatic carboxylic acids is 1. The fourth-order valence-corrected chi connectivity index (χ4v) is 7.58. The molecular formula is C38H37N3O6S2. The summed E-state index contributed by atoms with van der Waals surface area (Å²) in [5, 5.41) is 26.9. The van der Waals surface area contributed by atoms with E-state index >= 15 is 0 Å². The second-order valence-electron chi connectivity index (χ2n) is 11.8. The van der Waals surface area contributed by atoms with Crippen molar-refractivity contribution in [3.8, 4) is 23.3 Å². The number of hydrogen-bond donors (Lipinski definition) is 3. The lowest BCUT2D eigenvalue weighted by molar-refractivity contribution is -0.132. The van der Waals surface area contributed by atoms with Gasteiger partial charge in [-0.2, -0.15) is 0 Å². The molecule has 1 aromatic carbocycles. The number of dihydropyridines is 1. The summed E-state index contributed by atoms with van der Waals surface area (Å²) in [6.45, 7) is 5.58. The first-order valence-corrected chi connectivity index (χ1v) is 18.0. The number of carbonyl (C=O) groups is 2. The minimum absolute atomic E-state index is 0.0729. The standard InChI is InChI=1S/C38H37N3O6S2/c1-4-6-15-46-33-27-12-17-48-35(27)34(47-16-7-5-2)28-22-26(49-36(28)33)9-8-23-11-14-41(3)32(18-23)31-21-25(38(44)45)20-30(40-31)29-19-24(37(42)43)10-13-39-29/h10-14,17-22,30,32,40H,4-7,15-16H2,1-3H3,(H,42,43)(H,44,45). The highest BCUT2D eigenvalue weighted by Crippen LogP contribution is 2.48. The number of nitrogens with zero attached hydrogens (tertiary/aromatic N) is 2. The zero-order valence-electron chi connectivity index (χ0n) is 27.5. The smallest absolute Gasteiger partial charge is 0.335 e. The summed E-state index contributed by atoms with van der Waals surface area (Å²) in [5.74, 6) is 6.30. The average molecular weight is 696 g/mol. The molecule has 3 aromatic heterocycles. The molecule has 11 heteroatoms. The Bertz CT molecular complexity index is 2030. The predicted molar refractivity (Wildman–Crippen MR) is 195 cm³/mol. The topological polar surface area (TPSA) is 121 Å². The predicted octanol–water partition coefficient (Wildman–Crippen LogP) is 7.91. The Hall–Kier alpha value is -5.05. The molecule has 2 atom stereocenters. The van der Waals surface area contributed by atoms with Crippen molar-refractivity contribution in [1.82, 2.24) is 15.2 Å². The minimum atomic E-state index is -1.09. The molecule has 6 rings (SSSR count). The number of pyridine rings is 1. The van der Waals surface area contributed by atoms with E-state index in [1.54, 1.807) is 28.7 Å². The summed E-state index contributed by atoms with van der Waals surface area (Å²) in [4.78, 5) is 30.9. The van der Waals surface area contributed by atoms with Gasteiger partial charge in [-0.25, -0.2) is 9.59 Å². The SMILES string of the molecule is CCCCOc1c2cc(C#CC3=CC(C4=CC(C(=O)O)=CC(c5cc(C(=O)O)ccn5)N4)N(C)C=C3)sc2c(OCCCC)c2ccsc12. The normalized spacial score (nSPS) is 17.1. The number of aromatic nitrogens is 1. The molecule has 0 saturated heterocycles. The Kier molecular flexibility index (Phi) is 10.4. The molecule has 0 amide bonds. The van der Waals surface area contributed by atoms with Crippen LogP contribution in [0.15, 0.2) is 83.2 Å². The molecule has 5 heterocycles. The van der Waals surface area contributed by atoms with Gasteiger partial charge < -0.3 is 29.9 Å². The summed E-state index contributed by atoms with van der Waals surface area (Å²) >= 11 is 3.26. The van der Waals surface area contributed by atoms with E-state index in [0.717, 1.165) is 67.8 Å². The van der Waals surface area contributed by atoms with Crippen molar-refractivity contribution in [3.63, 3.8) is 0 Å². The van der Waals surface area contributed by atoms with Gasteiger partial charge in [0.25, 0.3) is 0 Å². The van der Waals surface area contributed by atoms with E-state index < -0.39 is 18.0 Å². The summed E-state index contributed by atoms with van der Waals surface area (Å²) in [5.41, 5.74) is 1.97. The molecule has 2 aliphatic heterocycles. The van der Waals surface area contributed by atoms with Crippen molar-refractivity contribution < 1.29 is 29.3 Å². The highest BCUT2D eigenvalue weighted by Gasteiger charge is 2.27. The first-order chi connectivity index (χ1) is 23.8. The van der Waals surface area contributed by atoms with Gasteiger partial charge in [-0.3, -0.25) is 4.98 Å². The number of fused-ring (bicyclic) bond motifs is 2. The largest absolute Gasteiger partial charge is 0.491 e. The van der Waals surface area contributed by atoms with Crippen LogP contribution in [-0.4, -0.2) is 58.3 Å². The van der Waals surface area contributed by atoms with Crippen LogP contribution in [-0.2, 0) is 4.79 Å². The number of benzene rings is 1. The Morgan fingerprint density at radius 3 is 2.45 bits per heavy atom. The van der Waals surface area contributed by atoms with Crippen LogP contribution in [0.3, 0.4) is 0 Å². The van der Waals surface area contributed by atoms with E-state index in [-0.39, 0.29) is 17.2 Å². The third-order valence-corrected chi connectivity index (χ3v) is 10.2. The highest BCUT2D eigenvalue weighted by molar-refractivity contribution is 7.21. The molecule has 49 heavy (non-hydrogen) atoms. The van der Waals surface area contributed by atoms with E-state index in [1.165, 1.54) is 24.4 Å². The summed E-state index contributed by atoms with van der Waals surface area (Å²) in [6, 6.07) is 6.06. The number of allylic oxidation sites excluding steroid dienone is 2. The van der Waals surface area contributed by atoms with Gasteiger partial charge in [-0.05, 0) is 66.8 Å². The lowest BCUT2D eigenvalue weighted by atomic mass is 9.96. The lowest BCUT2D eigenvalue weighted by Crippen LogP contribution is -2.38. The molecule has 0 aliphatic carbocycles. The first kappa shape index (κ1) is 33.8. The molecule has 2 unspecified atom stereocenters. The zero-order chi connectivity index (χ0) is 34.5. The van der Waals surface area contributed by atoms with Crippen LogP contribution in [0.4, 0.5) is 0 Å². The fraction of sp³-hybridized carbons (Fsp3) is 0.289. The van der Waals surface area contributed by atoms with Gasteiger partial charge in [0.05, 0.1) is 56.4 Å². The van der Waals surface area contributed by atoms with Crippen LogP contribution in [0.2, 0.25) is 0 Å². The second-order valence-corrected chi connectivity index (χ2v) is 13.8. The van der Waals surface area contributed by atoms with Crippen molar-refractivity contribution in [1.29, 1.82) is 0 Å². The molecule has 0 radical (unpaired) electrons. The van der Waals surface area contributed by atoms with Crippen LogP contribution in [0, 0.1) is 11.8 Å². The Balaban J connectivity index is 1.33. The van der Waals surface area contributed by atoms with E-state index in [0.29, 0.717) is 24.6 Å². The van der Waals surface area contributed by atoms with E-state index in [2.05, 4.69) is 53.5 Å². The average Bonchev–Trinajstić information content (AvgIpc) is 3.77. The van der Waals surface area contributed by atoms with Crippen LogP contribution >= 0.6 is 22.7 Å². The molecule has 2 aliphatic rings. The maximum absolute atomic E-state index is 12.1. The molecule has 0 bridgehead atoms. The van der Waals surface area contributed by atoms with Gasteiger partial charge in [0.15, 0.2) is 0 Å². The van der Waals surface area contributed by atoms with E-state index in [9.17, 15) is 19.8 Å². The van der Waals surface area contributed by atoms with Gasteiger partial charge >= 0.3 is 11.9 Å². The number of thiophene rings is 2. The van der Waals surface area contributed by atoms with Crippen LogP contribution in [0.5, 0.6) is 11.5 Å². The molecule has 9 nitrogen and oxygen atoms in total. The molecule has 3 N–H and O–H groups in total. The van der Waals surface area contributed by atoms with Gasteiger partial charge in [0.1, 0.15) is 11.5 Å². The van der Waals surface area contributed by atoms with Crippen LogP contribution in [0.25, 0.3) is 20.2 Å². The number of nitrogens with one attached hydrogen (secondary N) is 1. The molecule has 0 spiro atoms. The Labute approximate surface area is 292 Å². The van der Waals surface area contributed by atoms with E-state index in [4.69, 9.17) is 9.47 Å². The molecule has 252 valence electrons. The maximum atomic E-state index is 12.1. The number of rotatable bonds is 12. The summed E-state index contributed by atoms with van der Waals surface area (Å²) in [7, 11) is 1.90. The summed E-state index contributed by atoms with van der Waals surface area (Å²) in [6.07, 6.45) is 14.4. The van der Waals surface area contributed by atoms with E-state index in [1.807, 2.05) is 30.3 Å². The van der Waals surface area contributed by atoms with Crippen molar-refractivity contribution in [3.05, 3.63) is 99.3 Å². The number of ether oxygens (including phenoxy) is 2. The van der Waals surface area contributed by atoms with Crippen molar-refractivity contribution in [2.75, 3.05) is 20.3 Å². The number of carboxylic acid groups (broad SMARTS) is 2. The van der Waals surface area contributed by atoms with Crippen molar-refractivity contribution in [2.45, 2.75) is 51.6 Å². The second kappa shape index (κ2) is 15.0. The molecule has 4 aromatic rings. The number of aromatic carboxylic acids is 1. The number of likely N-dealkylation sites (N-methyl/N-ethyl adjacent to an activating group) is 1. The van der Waals surface area contributed by atoms with Crippen LogP contribution < -0.4 is 14.8 Å². The number of unbranched alkanes of at least 4 members (excludes halogenated alkanes) is 2. The lowest BCUT2D eigenvalue weighted by Gasteiger charge is -2.33. The Morgan fingerprint density at radius 2 is 1.73 bits per heavy atom. The minimum Gasteiger partial charge on any atom is -0.491 e. The van der Waals surface area contributed by atoms with Crippen LogP contribution in [0.1, 0.15) is 66.5 Å². The third kappa shape index (κ3) is 7.36. The Morgan fingerprint density at radius 1 is 0.980 bits per heavy atom. The monoisotopic (exact) mass is 695 g/mol. The van der Waals surface area contributed by atoms with Crippen molar-refractivity contribution in [2.24, 2.45) is 0 Å². The van der Waals surface area contributed by atoms with Gasteiger partial charge in [-0.1, -0.05) is 38.5 Å². The zero-order valence-corrected chi connectivity index (χ0v) is 29.1. The van der Waals surface area contributed by atoms with Gasteiger partial charge in [-0.15, -0.1) is 22.7 Å². The number of carboxylic acids is 2. The fourth-order valence-electron chi connectivity index (χ4n) is 5.65. The number of hydrogen-bond acceptors (Lipinski definition) is 9. The van der Waals surface area contributed by atoms with Gasteiger partial charge in [0, 0.05) is 41.5 Å². The third-order valence-electron chi connectivity index (χ3n) is 8.27.